The summed E-state index contributed by atoms with van der Waals surface area (Å²) in [5, 5.41) is 2.97. The van der Waals surface area contributed by atoms with Gasteiger partial charge in [-0.25, -0.2) is 14.4 Å². The zero-order valence-electron chi connectivity index (χ0n) is 13.4. The molecule has 126 valence electrons. The second-order valence-electron chi connectivity index (χ2n) is 6.34. The number of halogens is 1. The number of likely N-dealkylation sites (N-methyl/N-ethyl adjacent to an activating group) is 1. The Labute approximate surface area is 134 Å². The summed E-state index contributed by atoms with van der Waals surface area (Å²) in [5.41, 5.74) is 0. The quantitative estimate of drug-likeness (QED) is 0.815. The molecule has 1 N–H and O–H groups in total. The first kappa shape index (κ1) is 16.1. The molecule has 8 heteroatoms. The van der Waals surface area contributed by atoms with Crippen LogP contribution in [0.25, 0.3) is 0 Å². The third-order valence-corrected chi connectivity index (χ3v) is 4.24. The fourth-order valence-electron chi connectivity index (χ4n) is 3.10. The number of nitrogens with one attached hydrogen (secondary N) is 1. The molecule has 0 aromatic carbocycles. The molecule has 1 aromatic heterocycles. The van der Waals surface area contributed by atoms with Crippen LogP contribution >= 0.6 is 0 Å². The molecular formula is C15H22FN5O2. The number of anilines is 1. The summed E-state index contributed by atoms with van der Waals surface area (Å²) in [4.78, 5) is 24.4. The number of morpholine rings is 1. The molecule has 2 bridgehead atoms. The van der Waals surface area contributed by atoms with E-state index >= 15 is 0 Å². The molecule has 3 rings (SSSR count). The minimum atomic E-state index is -0.455. The standard InChI is InChI=1S/C15H22FN5O2/c1-20(2)4-3-17-14(22)12-5-11-8-21(9-13(12)23-11)15-18-6-10(16)7-19-15/h6-7,11-13H,3-5,8-9H2,1-2H3,(H,17,22). The van der Waals surface area contributed by atoms with E-state index in [-0.39, 0.29) is 24.0 Å². The summed E-state index contributed by atoms with van der Waals surface area (Å²) < 4.78 is 18.8. The van der Waals surface area contributed by atoms with Crippen molar-refractivity contribution in [1.29, 1.82) is 0 Å². The molecule has 2 fully saturated rings. The summed E-state index contributed by atoms with van der Waals surface area (Å²) in [6.07, 6.45) is 2.85. The second-order valence-corrected chi connectivity index (χ2v) is 6.34. The van der Waals surface area contributed by atoms with E-state index in [0.29, 0.717) is 32.0 Å². The van der Waals surface area contributed by atoms with Crippen LogP contribution < -0.4 is 10.2 Å². The zero-order chi connectivity index (χ0) is 16.4. The molecule has 2 aliphatic heterocycles. The smallest absolute Gasteiger partial charge is 0.225 e. The third-order valence-electron chi connectivity index (χ3n) is 4.24. The zero-order valence-corrected chi connectivity index (χ0v) is 13.4. The Morgan fingerprint density at radius 2 is 2.17 bits per heavy atom. The van der Waals surface area contributed by atoms with Crippen molar-refractivity contribution in [2.75, 3.05) is 45.2 Å². The lowest BCUT2D eigenvalue weighted by molar-refractivity contribution is -0.126. The summed E-state index contributed by atoms with van der Waals surface area (Å²) in [6.45, 7) is 2.62. The minimum absolute atomic E-state index is 0.00741. The van der Waals surface area contributed by atoms with Gasteiger partial charge < -0.3 is 19.9 Å². The Bertz CT molecular complexity index is 553. The lowest BCUT2D eigenvalue weighted by Gasteiger charge is -2.32. The van der Waals surface area contributed by atoms with Crippen molar-refractivity contribution in [3.63, 3.8) is 0 Å². The van der Waals surface area contributed by atoms with Crippen molar-refractivity contribution in [2.45, 2.75) is 18.6 Å². The van der Waals surface area contributed by atoms with Gasteiger partial charge >= 0.3 is 0 Å². The van der Waals surface area contributed by atoms with Crippen LogP contribution in [0.1, 0.15) is 6.42 Å². The van der Waals surface area contributed by atoms with Crippen LogP contribution in [0.15, 0.2) is 12.4 Å². The van der Waals surface area contributed by atoms with Gasteiger partial charge in [-0.2, -0.15) is 0 Å². The van der Waals surface area contributed by atoms with Crippen molar-refractivity contribution in [3.8, 4) is 0 Å². The van der Waals surface area contributed by atoms with Crippen LogP contribution in [0.5, 0.6) is 0 Å². The maximum absolute atomic E-state index is 12.9. The highest BCUT2D eigenvalue weighted by Gasteiger charge is 2.45. The molecule has 1 aromatic rings. The maximum atomic E-state index is 12.9. The van der Waals surface area contributed by atoms with Gasteiger partial charge in [0, 0.05) is 26.2 Å². The number of aromatic nitrogens is 2. The average Bonchev–Trinajstić information content (AvgIpc) is 2.82. The molecule has 3 atom stereocenters. The van der Waals surface area contributed by atoms with Gasteiger partial charge in [-0.15, -0.1) is 0 Å². The molecule has 23 heavy (non-hydrogen) atoms. The number of nitrogens with zero attached hydrogens (tertiary/aromatic N) is 4. The molecule has 7 nitrogen and oxygen atoms in total. The Morgan fingerprint density at radius 3 is 2.87 bits per heavy atom. The normalized spacial score (nSPS) is 26.6. The molecule has 0 spiro atoms. The number of hydrogen-bond donors (Lipinski definition) is 1. The fourth-order valence-corrected chi connectivity index (χ4v) is 3.10. The number of ether oxygens (including phenoxy) is 1. The van der Waals surface area contributed by atoms with Gasteiger partial charge in [-0.05, 0) is 20.5 Å². The van der Waals surface area contributed by atoms with Crippen molar-refractivity contribution in [1.82, 2.24) is 20.2 Å². The fraction of sp³-hybridized carbons (Fsp3) is 0.667. The number of carbonyl (C=O) groups excluding carboxylic acids is 1. The van der Waals surface area contributed by atoms with Crippen LogP contribution in [0.3, 0.4) is 0 Å². The third kappa shape index (κ3) is 3.76. The monoisotopic (exact) mass is 323 g/mol. The van der Waals surface area contributed by atoms with Crippen LogP contribution in [0.4, 0.5) is 10.3 Å². The summed E-state index contributed by atoms with van der Waals surface area (Å²) in [5.74, 6) is -0.0738. The number of fused-ring (bicyclic) bond motifs is 2. The SMILES string of the molecule is CN(C)CCNC(=O)C1CC2CN(c3ncc(F)cn3)CC1O2. The number of carbonyl (C=O) groups is 1. The van der Waals surface area contributed by atoms with Crippen LogP contribution in [0.2, 0.25) is 0 Å². The highest BCUT2D eigenvalue weighted by Crippen LogP contribution is 2.33. The van der Waals surface area contributed by atoms with E-state index in [0.717, 1.165) is 18.9 Å². The number of rotatable bonds is 5. The first-order valence-electron chi connectivity index (χ1n) is 7.83. The molecule has 3 unspecified atom stereocenters. The van der Waals surface area contributed by atoms with Gasteiger partial charge in [-0.3, -0.25) is 4.79 Å². The molecular weight excluding hydrogens is 301 g/mol. The predicted molar refractivity (Wildman–Crippen MR) is 82.5 cm³/mol. The lowest BCUT2D eigenvalue weighted by atomic mass is 9.99. The summed E-state index contributed by atoms with van der Waals surface area (Å²) in [7, 11) is 3.94. The van der Waals surface area contributed by atoms with Gasteiger partial charge in [0.05, 0.1) is 30.5 Å². The van der Waals surface area contributed by atoms with Gasteiger partial charge in [-0.1, -0.05) is 0 Å². The summed E-state index contributed by atoms with van der Waals surface area (Å²) in [6, 6.07) is 0. The molecule has 2 aliphatic rings. The van der Waals surface area contributed by atoms with E-state index in [1.54, 1.807) is 0 Å². The van der Waals surface area contributed by atoms with Crippen LogP contribution in [0, 0.1) is 11.7 Å². The minimum Gasteiger partial charge on any atom is -0.370 e. The predicted octanol–water partition coefficient (Wildman–Crippen LogP) is -0.113. The maximum Gasteiger partial charge on any atom is 0.225 e. The van der Waals surface area contributed by atoms with Crippen LogP contribution in [-0.4, -0.2) is 73.3 Å². The Balaban J connectivity index is 1.59. The number of amides is 1. The molecule has 3 heterocycles. The van der Waals surface area contributed by atoms with E-state index < -0.39 is 5.82 Å². The first-order valence-corrected chi connectivity index (χ1v) is 7.83. The van der Waals surface area contributed by atoms with E-state index in [1.807, 2.05) is 23.9 Å². The second kappa shape index (κ2) is 6.76. The Kier molecular flexibility index (Phi) is 4.72. The highest BCUT2D eigenvalue weighted by molar-refractivity contribution is 5.79. The van der Waals surface area contributed by atoms with E-state index in [4.69, 9.17) is 4.74 Å². The summed E-state index contributed by atoms with van der Waals surface area (Å²) >= 11 is 0. The van der Waals surface area contributed by atoms with Crippen molar-refractivity contribution < 1.29 is 13.9 Å². The first-order chi connectivity index (χ1) is 11.0. The Hall–Kier alpha value is -1.80. The molecule has 0 radical (unpaired) electrons. The largest absolute Gasteiger partial charge is 0.370 e. The van der Waals surface area contributed by atoms with E-state index in [1.165, 1.54) is 0 Å². The van der Waals surface area contributed by atoms with E-state index in [2.05, 4.69) is 15.3 Å². The van der Waals surface area contributed by atoms with Crippen molar-refractivity contribution in [2.24, 2.45) is 5.92 Å². The topological polar surface area (TPSA) is 70.6 Å². The lowest BCUT2D eigenvalue weighted by Crippen LogP contribution is -2.46. The average molecular weight is 323 g/mol. The molecule has 1 amide bonds. The number of hydrogen-bond acceptors (Lipinski definition) is 6. The van der Waals surface area contributed by atoms with Crippen molar-refractivity contribution in [3.05, 3.63) is 18.2 Å². The van der Waals surface area contributed by atoms with Crippen molar-refractivity contribution >= 4 is 11.9 Å². The molecule has 0 saturated carbocycles. The van der Waals surface area contributed by atoms with Gasteiger partial charge in [0.1, 0.15) is 0 Å². The highest BCUT2D eigenvalue weighted by atomic mass is 19.1. The molecule has 0 aliphatic carbocycles. The van der Waals surface area contributed by atoms with Gasteiger partial charge in [0.2, 0.25) is 11.9 Å². The van der Waals surface area contributed by atoms with Gasteiger partial charge in [0.25, 0.3) is 0 Å². The van der Waals surface area contributed by atoms with E-state index in [9.17, 15) is 9.18 Å². The van der Waals surface area contributed by atoms with Gasteiger partial charge in [0.15, 0.2) is 5.82 Å². The Morgan fingerprint density at radius 1 is 1.43 bits per heavy atom. The molecule has 2 saturated heterocycles. The van der Waals surface area contributed by atoms with Crippen LogP contribution in [-0.2, 0) is 9.53 Å².